The molecule has 2 bridgehead atoms. The Bertz CT molecular complexity index is 434. The highest BCUT2D eigenvalue weighted by Crippen LogP contribution is 2.32. The standard InChI is InChI=1S/C17H24N2O/c20-17(18-9-8-13-4-2-1-3-5-13)12-14-10-15-6-7-16(11-14)19-15/h1-5,14-16,19H,6-12H2,(H,18,20). The van der Waals surface area contributed by atoms with Gasteiger partial charge >= 0.3 is 0 Å². The lowest BCUT2D eigenvalue weighted by Crippen LogP contribution is -2.39. The van der Waals surface area contributed by atoms with E-state index in [-0.39, 0.29) is 5.91 Å². The third-order valence-corrected chi connectivity index (χ3v) is 4.62. The van der Waals surface area contributed by atoms with E-state index in [0.29, 0.717) is 24.4 Å². The van der Waals surface area contributed by atoms with Crippen LogP contribution in [-0.2, 0) is 11.2 Å². The number of amides is 1. The second-order valence-corrected chi connectivity index (χ2v) is 6.26. The molecule has 2 N–H and O–H groups in total. The molecule has 3 heteroatoms. The molecule has 1 aromatic carbocycles. The van der Waals surface area contributed by atoms with Crippen molar-refractivity contribution in [2.24, 2.45) is 5.92 Å². The summed E-state index contributed by atoms with van der Waals surface area (Å²) < 4.78 is 0. The number of carbonyl (C=O) groups excluding carboxylic acids is 1. The number of piperidine rings is 1. The fourth-order valence-electron chi connectivity index (χ4n) is 3.67. The molecule has 2 aliphatic heterocycles. The number of nitrogens with one attached hydrogen (secondary N) is 2. The molecule has 20 heavy (non-hydrogen) atoms. The Hall–Kier alpha value is -1.35. The molecule has 0 spiro atoms. The Balaban J connectivity index is 1.37. The van der Waals surface area contributed by atoms with Crippen molar-refractivity contribution < 1.29 is 4.79 Å². The van der Waals surface area contributed by atoms with E-state index in [1.807, 2.05) is 18.2 Å². The Labute approximate surface area is 121 Å². The molecule has 2 fully saturated rings. The van der Waals surface area contributed by atoms with Gasteiger partial charge in [0.25, 0.3) is 0 Å². The zero-order valence-corrected chi connectivity index (χ0v) is 12.0. The minimum atomic E-state index is 0.229. The number of hydrogen-bond acceptors (Lipinski definition) is 2. The second-order valence-electron chi connectivity index (χ2n) is 6.26. The van der Waals surface area contributed by atoms with Crippen LogP contribution in [0.2, 0.25) is 0 Å². The van der Waals surface area contributed by atoms with Crippen LogP contribution in [0.4, 0.5) is 0 Å². The third kappa shape index (κ3) is 3.60. The van der Waals surface area contributed by atoms with Crippen LogP contribution < -0.4 is 10.6 Å². The van der Waals surface area contributed by atoms with Gasteiger partial charge in [-0.15, -0.1) is 0 Å². The SMILES string of the molecule is O=C(CC1CC2CCC(C1)N2)NCCc1ccccc1. The van der Waals surface area contributed by atoms with E-state index >= 15 is 0 Å². The summed E-state index contributed by atoms with van der Waals surface area (Å²) in [4.78, 5) is 12.0. The molecule has 0 saturated carbocycles. The monoisotopic (exact) mass is 272 g/mol. The molecule has 2 aliphatic rings. The van der Waals surface area contributed by atoms with Gasteiger partial charge in [-0.3, -0.25) is 4.79 Å². The summed E-state index contributed by atoms with van der Waals surface area (Å²) in [5.41, 5.74) is 1.28. The van der Waals surface area contributed by atoms with Gasteiger partial charge in [0.1, 0.15) is 0 Å². The Kier molecular flexibility index (Phi) is 4.36. The quantitative estimate of drug-likeness (QED) is 0.863. The van der Waals surface area contributed by atoms with E-state index in [0.717, 1.165) is 13.0 Å². The first-order valence-electron chi connectivity index (χ1n) is 7.86. The smallest absolute Gasteiger partial charge is 0.220 e. The average Bonchev–Trinajstić information content (AvgIpc) is 2.79. The van der Waals surface area contributed by atoms with E-state index in [4.69, 9.17) is 0 Å². The van der Waals surface area contributed by atoms with Crippen LogP contribution in [-0.4, -0.2) is 24.5 Å². The van der Waals surface area contributed by atoms with Gasteiger partial charge in [-0.1, -0.05) is 30.3 Å². The Morgan fingerprint density at radius 2 is 1.85 bits per heavy atom. The molecule has 1 amide bonds. The van der Waals surface area contributed by atoms with Crippen molar-refractivity contribution in [3.8, 4) is 0 Å². The van der Waals surface area contributed by atoms with Gasteiger partial charge in [-0.25, -0.2) is 0 Å². The maximum atomic E-state index is 12.0. The average molecular weight is 272 g/mol. The van der Waals surface area contributed by atoms with Gasteiger partial charge in [0.05, 0.1) is 0 Å². The molecular weight excluding hydrogens is 248 g/mol. The van der Waals surface area contributed by atoms with Crippen LogP contribution in [0.3, 0.4) is 0 Å². The van der Waals surface area contributed by atoms with E-state index < -0.39 is 0 Å². The topological polar surface area (TPSA) is 41.1 Å². The van der Waals surface area contributed by atoms with Gasteiger partial charge in [-0.2, -0.15) is 0 Å². The summed E-state index contributed by atoms with van der Waals surface area (Å²) in [6.07, 6.45) is 6.60. The lowest BCUT2D eigenvalue weighted by Gasteiger charge is -2.28. The number of hydrogen-bond donors (Lipinski definition) is 2. The Morgan fingerprint density at radius 1 is 1.15 bits per heavy atom. The van der Waals surface area contributed by atoms with E-state index in [9.17, 15) is 4.79 Å². The summed E-state index contributed by atoms with van der Waals surface area (Å²) in [7, 11) is 0. The van der Waals surface area contributed by atoms with Crippen LogP contribution >= 0.6 is 0 Å². The molecule has 3 rings (SSSR count). The van der Waals surface area contributed by atoms with Crippen LogP contribution in [0.1, 0.15) is 37.7 Å². The van der Waals surface area contributed by atoms with Crippen molar-refractivity contribution in [3.63, 3.8) is 0 Å². The van der Waals surface area contributed by atoms with Gasteiger partial charge in [0.15, 0.2) is 0 Å². The van der Waals surface area contributed by atoms with Crippen molar-refractivity contribution in [1.82, 2.24) is 10.6 Å². The molecule has 0 aromatic heterocycles. The summed E-state index contributed by atoms with van der Waals surface area (Å²) >= 11 is 0. The normalized spacial score (nSPS) is 28.3. The van der Waals surface area contributed by atoms with E-state index in [1.54, 1.807) is 0 Å². The molecule has 3 nitrogen and oxygen atoms in total. The first-order chi connectivity index (χ1) is 9.79. The highest BCUT2D eigenvalue weighted by Gasteiger charge is 2.33. The second kappa shape index (κ2) is 6.40. The van der Waals surface area contributed by atoms with Crippen LogP contribution in [0.25, 0.3) is 0 Å². The minimum absolute atomic E-state index is 0.229. The highest BCUT2D eigenvalue weighted by atomic mass is 16.1. The molecule has 1 aromatic rings. The predicted molar refractivity (Wildman–Crippen MR) is 80.4 cm³/mol. The van der Waals surface area contributed by atoms with Crippen LogP contribution in [0.15, 0.2) is 30.3 Å². The zero-order chi connectivity index (χ0) is 13.8. The maximum absolute atomic E-state index is 12.0. The number of benzene rings is 1. The fraction of sp³-hybridized carbons (Fsp3) is 0.588. The van der Waals surface area contributed by atoms with Gasteiger partial charge in [0, 0.05) is 25.0 Å². The minimum Gasteiger partial charge on any atom is -0.356 e. The number of fused-ring (bicyclic) bond motifs is 2. The third-order valence-electron chi connectivity index (χ3n) is 4.62. The summed E-state index contributed by atoms with van der Waals surface area (Å²) in [5.74, 6) is 0.817. The summed E-state index contributed by atoms with van der Waals surface area (Å²) in [5, 5.41) is 6.70. The lowest BCUT2D eigenvalue weighted by molar-refractivity contribution is -0.122. The van der Waals surface area contributed by atoms with Crippen molar-refractivity contribution in [3.05, 3.63) is 35.9 Å². The number of carbonyl (C=O) groups is 1. The van der Waals surface area contributed by atoms with E-state index in [1.165, 1.54) is 31.2 Å². The van der Waals surface area contributed by atoms with Crippen LogP contribution in [0.5, 0.6) is 0 Å². The van der Waals surface area contributed by atoms with Gasteiger partial charge in [0.2, 0.25) is 5.91 Å². The van der Waals surface area contributed by atoms with Gasteiger partial charge < -0.3 is 10.6 Å². The molecule has 0 radical (unpaired) electrons. The highest BCUT2D eigenvalue weighted by molar-refractivity contribution is 5.76. The number of rotatable bonds is 5. The predicted octanol–water partition coefficient (Wildman–Crippen LogP) is 2.27. The van der Waals surface area contributed by atoms with Crippen LogP contribution in [0, 0.1) is 5.92 Å². The first-order valence-corrected chi connectivity index (χ1v) is 7.86. The molecule has 108 valence electrons. The molecule has 0 aliphatic carbocycles. The molecule has 2 atom stereocenters. The summed E-state index contributed by atoms with van der Waals surface area (Å²) in [6, 6.07) is 11.7. The first kappa shape index (κ1) is 13.6. The fourth-order valence-corrected chi connectivity index (χ4v) is 3.67. The molecule has 2 saturated heterocycles. The van der Waals surface area contributed by atoms with Gasteiger partial charge in [-0.05, 0) is 43.6 Å². The maximum Gasteiger partial charge on any atom is 0.220 e. The lowest BCUT2D eigenvalue weighted by atomic mass is 9.89. The van der Waals surface area contributed by atoms with Crippen molar-refractivity contribution in [1.29, 1.82) is 0 Å². The van der Waals surface area contributed by atoms with Crippen molar-refractivity contribution >= 4 is 5.91 Å². The Morgan fingerprint density at radius 3 is 2.55 bits per heavy atom. The van der Waals surface area contributed by atoms with Crippen molar-refractivity contribution in [2.75, 3.05) is 6.54 Å². The molecular formula is C17H24N2O. The van der Waals surface area contributed by atoms with E-state index in [2.05, 4.69) is 22.8 Å². The molecule has 2 heterocycles. The zero-order valence-electron chi connectivity index (χ0n) is 12.0. The van der Waals surface area contributed by atoms with Crippen molar-refractivity contribution in [2.45, 2.75) is 50.6 Å². The largest absolute Gasteiger partial charge is 0.356 e. The molecule has 2 unspecified atom stereocenters. The summed E-state index contributed by atoms with van der Waals surface area (Å²) in [6.45, 7) is 0.751.